The number of hydrogen-bond donors (Lipinski definition) is 1. The lowest BCUT2D eigenvalue weighted by Gasteiger charge is -2.26. The first-order valence-electron chi connectivity index (χ1n) is 10.8. The Balaban J connectivity index is 1.67. The van der Waals surface area contributed by atoms with Crippen LogP contribution >= 0.6 is 34.8 Å². The molecule has 0 bridgehead atoms. The van der Waals surface area contributed by atoms with Crippen LogP contribution in [0, 0.1) is 0 Å². The van der Waals surface area contributed by atoms with Gasteiger partial charge in [-0.2, -0.15) is 0 Å². The molecule has 0 aromatic heterocycles. The molecule has 7 nitrogen and oxygen atoms in total. The van der Waals surface area contributed by atoms with Crippen molar-refractivity contribution in [3.05, 3.63) is 92.4 Å². The number of hydrogen-bond acceptors (Lipinski definition) is 5. The van der Waals surface area contributed by atoms with Crippen molar-refractivity contribution in [1.29, 1.82) is 0 Å². The smallest absolute Gasteiger partial charge is 0.335 e. The summed E-state index contributed by atoms with van der Waals surface area (Å²) in [6.07, 6.45) is 1.32. The van der Waals surface area contributed by atoms with Crippen LogP contribution in [0.15, 0.2) is 66.2 Å². The minimum Gasteiger partial charge on any atom is -0.490 e. The number of barbiturate groups is 1. The summed E-state index contributed by atoms with van der Waals surface area (Å²) in [5.41, 5.74) is 1.22. The number of nitrogens with one attached hydrogen (secondary N) is 1. The van der Waals surface area contributed by atoms with E-state index in [1.165, 1.54) is 30.3 Å². The molecule has 10 heteroatoms. The Hall–Kier alpha value is -3.52. The number of nitrogens with zero attached hydrogens (tertiary/aromatic N) is 1. The van der Waals surface area contributed by atoms with Crippen molar-refractivity contribution in [2.45, 2.75) is 13.5 Å². The number of urea groups is 1. The lowest BCUT2D eigenvalue weighted by atomic mass is 10.1. The van der Waals surface area contributed by atoms with Crippen LogP contribution in [-0.2, 0) is 16.2 Å². The van der Waals surface area contributed by atoms with Crippen LogP contribution in [-0.4, -0.2) is 24.5 Å². The Morgan fingerprint density at radius 2 is 1.64 bits per heavy atom. The van der Waals surface area contributed by atoms with E-state index in [2.05, 4.69) is 5.32 Å². The number of anilines is 1. The van der Waals surface area contributed by atoms with Crippen molar-refractivity contribution in [1.82, 2.24) is 5.32 Å². The fraction of sp³-hybridized carbons (Fsp3) is 0.115. The van der Waals surface area contributed by atoms with Gasteiger partial charge in [-0.3, -0.25) is 14.9 Å². The summed E-state index contributed by atoms with van der Waals surface area (Å²) in [7, 11) is 0. The molecule has 0 aliphatic carbocycles. The number of ether oxygens (including phenoxy) is 2. The van der Waals surface area contributed by atoms with E-state index >= 15 is 0 Å². The van der Waals surface area contributed by atoms with Gasteiger partial charge in [0.15, 0.2) is 11.5 Å². The summed E-state index contributed by atoms with van der Waals surface area (Å²) in [5, 5.41) is 2.79. The average Bonchev–Trinajstić information content (AvgIpc) is 2.84. The van der Waals surface area contributed by atoms with E-state index in [0.29, 0.717) is 23.7 Å². The molecule has 0 radical (unpaired) electrons. The highest BCUT2D eigenvalue weighted by molar-refractivity contribution is 6.43. The molecule has 1 saturated heterocycles. The van der Waals surface area contributed by atoms with E-state index in [1.807, 2.05) is 30.3 Å². The van der Waals surface area contributed by atoms with Gasteiger partial charge in [0.05, 0.1) is 27.4 Å². The third-order valence-electron chi connectivity index (χ3n) is 5.13. The Morgan fingerprint density at radius 1 is 0.889 bits per heavy atom. The maximum absolute atomic E-state index is 13.2. The molecule has 184 valence electrons. The first-order valence-corrected chi connectivity index (χ1v) is 11.9. The van der Waals surface area contributed by atoms with E-state index in [-0.39, 0.29) is 32.9 Å². The van der Waals surface area contributed by atoms with Crippen LogP contribution in [0.5, 0.6) is 11.5 Å². The molecular formula is C26H19Cl3N2O5. The number of benzene rings is 3. The van der Waals surface area contributed by atoms with Crippen LogP contribution < -0.4 is 19.7 Å². The number of carbonyl (C=O) groups is 3. The molecule has 1 N–H and O–H groups in total. The first kappa shape index (κ1) is 25.6. The molecule has 4 amide bonds. The third kappa shape index (κ3) is 5.49. The summed E-state index contributed by atoms with van der Waals surface area (Å²) in [4.78, 5) is 39.0. The van der Waals surface area contributed by atoms with E-state index in [4.69, 9.17) is 44.3 Å². The van der Waals surface area contributed by atoms with Crippen molar-refractivity contribution in [3.63, 3.8) is 0 Å². The van der Waals surface area contributed by atoms with E-state index in [9.17, 15) is 14.4 Å². The lowest BCUT2D eigenvalue weighted by Crippen LogP contribution is -2.54. The van der Waals surface area contributed by atoms with E-state index in [1.54, 1.807) is 13.0 Å². The highest BCUT2D eigenvalue weighted by atomic mass is 35.5. The molecule has 0 saturated carbocycles. The summed E-state index contributed by atoms with van der Waals surface area (Å²) >= 11 is 18.5. The highest BCUT2D eigenvalue weighted by Crippen LogP contribution is 2.38. The Morgan fingerprint density at radius 3 is 2.33 bits per heavy atom. The minimum absolute atomic E-state index is 0.149. The maximum atomic E-state index is 13.2. The van der Waals surface area contributed by atoms with Gasteiger partial charge in [-0.05, 0) is 54.5 Å². The predicted octanol–water partition coefficient (Wildman–Crippen LogP) is 6.29. The fourth-order valence-corrected chi connectivity index (χ4v) is 4.05. The van der Waals surface area contributed by atoms with Gasteiger partial charge in [0.2, 0.25) is 0 Å². The zero-order valence-corrected chi connectivity index (χ0v) is 21.2. The largest absolute Gasteiger partial charge is 0.490 e. The van der Waals surface area contributed by atoms with Crippen LogP contribution in [0.25, 0.3) is 6.08 Å². The zero-order valence-electron chi connectivity index (χ0n) is 18.9. The average molecular weight is 546 g/mol. The summed E-state index contributed by atoms with van der Waals surface area (Å²) < 4.78 is 11.6. The number of imide groups is 2. The molecule has 1 fully saturated rings. The van der Waals surface area contributed by atoms with E-state index < -0.39 is 17.8 Å². The topological polar surface area (TPSA) is 84.9 Å². The quantitative estimate of drug-likeness (QED) is 0.279. The number of amides is 4. The monoisotopic (exact) mass is 544 g/mol. The van der Waals surface area contributed by atoms with Crippen LogP contribution in [0.3, 0.4) is 0 Å². The van der Waals surface area contributed by atoms with E-state index in [0.717, 1.165) is 10.5 Å². The summed E-state index contributed by atoms with van der Waals surface area (Å²) in [5.74, 6) is -1.01. The van der Waals surface area contributed by atoms with Crippen molar-refractivity contribution in [3.8, 4) is 11.5 Å². The Kier molecular flexibility index (Phi) is 7.84. The minimum atomic E-state index is -0.904. The van der Waals surface area contributed by atoms with Crippen molar-refractivity contribution < 1.29 is 23.9 Å². The van der Waals surface area contributed by atoms with Gasteiger partial charge in [-0.15, -0.1) is 0 Å². The normalized spacial score (nSPS) is 14.7. The second-order valence-electron chi connectivity index (χ2n) is 7.59. The SMILES string of the molecule is CCOc1cc(/C=C2\C(=O)NC(=O)N(c3ccc(Cl)c(Cl)c3)C2=O)cc(Cl)c1OCc1ccccc1. The summed E-state index contributed by atoms with van der Waals surface area (Å²) in [6.45, 7) is 2.40. The van der Waals surface area contributed by atoms with Gasteiger partial charge >= 0.3 is 6.03 Å². The number of carbonyl (C=O) groups excluding carboxylic acids is 3. The maximum Gasteiger partial charge on any atom is 0.335 e. The molecule has 0 atom stereocenters. The van der Waals surface area contributed by atoms with Gasteiger partial charge in [0.25, 0.3) is 11.8 Å². The molecule has 3 aromatic carbocycles. The molecule has 36 heavy (non-hydrogen) atoms. The zero-order chi connectivity index (χ0) is 25.8. The molecular weight excluding hydrogens is 527 g/mol. The van der Waals surface area contributed by atoms with Crippen molar-refractivity contribution in [2.75, 3.05) is 11.5 Å². The third-order valence-corrected chi connectivity index (χ3v) is 6.15. The molecule has 3 aromatic rings. The molecule has 0 spiro atoms. The Labute approximate surface area is 222 Å². The molecule has 4 rings (SSSR count). The van der Waals surface area contributed by atoms with Gasteiger partial charge < -0.3 is 9.47 Å². The molecule has 1 aliphatic heterocycles. The van der Waals surface area contributed by atoms with Gasteiger partial charge in [-0.1, -0.05) is 65.1 Å². The Bertz CT molecular complexity index is 1380. The first-order chi connectivity index (χ1) is 17.3. The van der Waals surface area contributed by atoms with Gasteiger partial charge in [0, 0.05) is 0 Å². The van der Waals surface area contributed by atoms with Crippen molar-refractivity contribution in [2.24, 2.45) is 0 Å². The van der Waals surface area contributed by atoms with Gasteiger partial charge in [-0.25, -0.2) is 9.69 Å². The summed E-state index contributed by atoms with van der Waals surface area (Å²) in [6, 6.07) is 16.0. The standard InChI is InChI=1S/C26H19Cl3N2O5/c1-2-35-22-12-16(11-21(29)23(22)36-14-15-6-4-3-5-7-15)10-18-24(32)30-26(34)31(25(18)33)17-8-9-19(27)20(28)13-17/h3-13H,2,14H2,1H3,(H,30,32,34)/b18-10+. The predicted molar refractivity (Wildman–Crippen MR) is 139 cm³/mol. The number of rotatable bonds is 7. The number of halogens is 3. The second kappa shape index (κ2) is 11.0. The van der Waals surface area contributed by atoms with Crippen LogP contribution in [0.4, 0.5) is 10.5 Å². The molecule has 1 heterocycles. The molecule has 0 unspecified atom stereocenters. The lowest BCUT2D eigenvalue weighted by molar-refractivity contribution is -0.122. The fourth-order valence-electron chi connectivity index (χ4n) is 3.49. The molecule has 1 aliphatic rings. The van der Waals surface area contributed by atoms with Crippen LogP contribution in [0.2, 0.25) is 15.1 Å². The van der Waals surface area contributed by atoms with Gasteiger partial charge in [0.1, 0.15) is 12.2 Å². The second-order valence-corrected chi connectivity index (χ2v) is 8.82. The van der Waals surface area contributed by atoms with Crippen LogP contribution in [0.1, 0.15) is 18.1 Å². The highest BCUT2D eigenvalue weighted by Gasteiger charge is 2.37. The van der Waals surface area contributed by atoms with Crippen molar-refractivity contribution >= 4 is 64.4 Å².